The lowest BCUT2D eigenvalue weighted by Gasteiger charge is -2.31. The molecule has 0 aliphatic heterocycles. The molecule has 2 atom stereocenters. The fourth-order valence-corrected chi connectivity index (χ4v) is 3.37. The second kappa shape index (κ2) is 4.91. The van der Waals surface area contributed by atoms with Crippen LogP contribution in [-0.2, 0) is 0 Å². The first-order valence-electron chi connectivity index (χ1n) is 7.25. The third-order valence-electron chi connectivity index (χ3n) is 4.57. The number of para-hydroxylation sites is 1. The molecule has 1 N–H and O–H groups in total. The number of hydrogen-bond donors (Lipinski definition) is 1. The molecule has 0 bridgehead atoms. The van der Waals surface area contributed by atoms with Gasteiger partial charge < -0.3 is 5.32 Å². The molecule has 1 nitrogen and oxygen atoms in total. The van der Waals surface area contributed by atoms with Gasteiger partial charge in [-0.25, -0.2) is 4.39 Å². The summed E-state index contributed by atoms with van der Waals surface area (Å²) in [4.78, 5) is 0. The fourth-order valence-electron chi connectivity index (χ4n) is 3.37. The Morgan fingerprint density at radius 3 is 2.67 bits per heavy atom. The van der Waals surface area contributed by atoms with Crippen LogP contribution in [0.5, 0.6) is 0 Å². The van der Waals surface area contributed by atoms with E-state index in [-0.39, 0.29) is 5.82 Å². The summed E-state index contributed by atoms with van der Waals surface area (Å²) >= 11 is 0. The van der Waals surface area contributed by atoms with Crippen LogP contribution >= 0.6 is 0 Å². The van der Waals surface area contributed by atoms with Crippen LogP contribution in [0.2, 0.25) is 0 Å². The predicted molar refractivity (Wildman–Crippen MR) is 73.2 cm³/mol. The van der Waals surface area contributed by atoms with Crippen molar-refractivity contribution in [2.45, 2.75) is 51.5 Å². The lowest BCUT2D eigenvalue weighted by Crippen LogP contribution is -2.28. The highest BCUT2D eigenvalue weighted by atomic mass is 19.1. The second-order valence-electron chi connectivity index (χ2n) is 6.04. The molecular weight excluding hydrogens is 225 g/mol. The van der Waals surface area contributed by atoms with Crippen LogP contribution in [0.4, 0.5) is 10.1 Å². The van der Waals surface area contributed by atoms with E-state index in [9.17, 15) is 4.39 Å². The molecule has 3 rings (SSSR count). The van der Waals surface area contributed by atoms with Gasteiger partial charge in [-0.2, -0.15) is 0 Å². The van der Waals surface area contributed by atoms with Gasteiger partial charge in [0, 0.05) is 6.04 Å². The maximum absolute atomic E-state index is 13.8. The van der Waals surface area contributed by atoms with E-state index in [1.54, 1.807) is 12.1 Å². The lowest BCUT2D eigenvalue weighted by molar-refractivity contribution is 0.302. The van der Waals surface area contributed by atoms with E-state index in [4.69, 9.17) is 0 Å². The molecule has 2 aliphatic carbocycles. The second-order valence-corrected chi connectivity index (χ2v) is 6.04. The minimum atomic E-state index is -0.108. The van der Waals surface area contributed by atoms with Gasteiger partial charge in [-0.3, -0.25) is 0 Å². The zero-order chi connectivity index (χ0) is 12.5. The Bertz CT molecular complexity index is 405. The van der Waals surface area contributed by atoms with Gasteiger partial charge >= 0.3 is 0 Å². The summed E-state index contributed by atoms with van der Waals surface area (Å²) in [6.07, 6.45) is 7.97. The number of aryl methyl sites for hydroxylation is 1. The van der Waals surface area contributed by atoms with Crippen LogP contribution in [0.15, 0.2) is 18.2 Å². The molecule has 98 valence electrons. The summed E-state index contributed by atoms with van der Waals surface area (Å²) in [5.74, 6) is 1.77. The van der Waals surface area contributed by atoms with Crippen molar-refractivity contribution in [3.8, 4) is 0 Å². The molecule has 1 aromatic carbocycles. The topological polar surface area (TPSA) is 12.0 Å². The summed E-state index contributed by atoms with van der Waals surface area (Å²) in [6.45, 7) is 1.98. The molecule has 0 saturated heterocycles. The van der Waals surface area contributed by atoms with Gasteiger partial charge in [0.1, 0.15) is 5.82 Å². The molecule has 0 heterocycles. The van der Waals surface area contributed by atoms with Gasteiger partial charge in [0.25, 0.3) is 0 Å². The first-order valence-corrected chi connectivity index (χ1v) is 7.25. The molecule has 0 aromatic heterocycles. The minimum Gasteiger partial charge on any atom is -0.380 e. The van der Waals surface area contributed by atoms with Crippen molar-refractivity contribution in [1.29, 1.82) is 0 Å². The highest BCUT2D eigenvalue weighted by Gasteiger charge is 2.34. The van der Waals surface area contributed by atoms with Crippen LogP contribution in [0.1, 0.15) is 44.1 Å². The quantitative estimate of drug-likeness (QED) is 0.828. The van der Waals surface area contributed by atoms with E-state index in [1.165, 1.54) is 38.5 Å². The van der Waals surface area contributed by atoms with Crippen molar-refractivity contribution in [3.63, 3.8) is 0 Å². The summed E-state index contributed by atoms with van der Waals surface area (Å²) < 4.78 is 13.8. The number of hydrogen-bond acceptors (Lipinski definition) is 1. The third kappa shape index (κ3) is 2.52. The Labute approximate surface area is 109 Å². The summed E-state index contributed by atoms with van der Waals surface area (Å²) in [6, 6.07) is 5.78. The van der Waals surface area contributed by atoms with E-state index in [0.717, 1.165) is 23.1 Å². The Morgan fingerprint density at radius 1 is 1.11 bits per heavy atom. The Kier molecular flexibility index (Phi) is 3.27. The molecule has 1 aromatic rings. The van der Waals surface area contributed by atoms with Crippen molar-refractivity contribution in [3.05, 3.63) is 29.6 Å². The van der Waals surface area contributed by atoms with Crippen LogP contribution in [0.3, 0.4) is 0 Å². The zero-order valence-electron chi connectivity index (χ0n) is 11.1. The van der Waals surface area contributed by atoms with E-state index >= 15 is 0 Å². The van der Waals surface area contributed by atoms with Crippen molar-refractivity contribution >= 4 is 5.69 Å². The molecule has 2 unspecified atom stereocenters. The Hall–Kier alpha value is -1.05. The largest absolute Gasteiger partial charge is 0.380 e. The molecule has 2 fully saturated rings. The van der Waals surface area contributed by atoms with Gasteiger partial charge in [-0.1, -0.05) is 25.0 Å². The van der Waals surface area contributed by atoms with Crippen LogP contribution in [-0.4, -0.2) is 6.04 Å². The van der Waals surface area contributed by atoms with E-state index in [1.807, 2.05) is 13.0 Å². The fraction of sp³-hybridized carbons (Fsp3) is 0.625. The zero-order valence-corrected chi connectivity index (χ0v) is 11.1. The van der Waals surface area contributed by atoms with Crippen LogP contribution in [0, 0.1) is 24.6 Å². The highest BCUT2D eigenvalue weighted by Crippen LogP contribution is 2.44. The van der Waals surface area contributed by atoms with E-state index in [2.05, 4.69) is 5.32 Å². The smallest absolute Gasteiger partial charge is 0.146 e. The molecule has 0 spiro atoms. The van der Waals surface area contributed by atoms with E-state index < -0.39 is 0 Å². The van der Waals surface area contributed by atoms with Gasteiger partial charge in [0.15, 0.2) is 0 Å². The number of nitrogens with one attached hydrogen (secondary N) is 1. The highest BCUT2D eigenvalue weighted by molar-refractivity contribution is 5.52. The van der Waals surface area contributed by atoms with E-state index in [0.29, 0.717) is 6.04 Å². The molecule has 0 amide bonds. The third-order valence-corrected chi connectivity index (χ3v) is 4.57. The number of anilines is 1. The van der Waals surface area contributed by atoms with Crippen LogP contribution < -0.4 is 5.32 Å². The first kappa shape index (κ1) is 12.0. The number of benzene rings is 1. The lowest BCUT2D eigenvalue weighted by atomic mass is 9.82. The average Bonchev–Trinajstić information content (AvgIpc) is 3.19. The molecule has 2 heteroatoms. The molecule has 2 aliphatic rings. The molecular formula is C16H22FN. The maximum Gasteiger partial charge on any atom is 0.146 e. The molecule has 18 heavy (non-hydrogen) atoms. The number of rotatable bonds is 3. The molecule has 0 radical (unpaired) electrons. The van der Waals surface area contributed by atoms with Gasteiger partial charge in [0.05, 0.1) is 5.69 Å². The summed E-state index contributed by atoms with van der Waals surface area (Å²) in [5.41, 5.74) is 1.74. The number of halogens is 1. The SMILES string of the molecule is Cc1cccc(F)c1NC1CCCC(C2CC2)C1. The average molecular weight is 247 g/mol. The monoisotopic (exact) mass is 247 g/mol. The van der Waals surface area contributed by atoms with Crippen LogP contribution in [0.25, 0.3) is 0 Å². The van der Waals surface area contributed by atoms with Crippen molar-refractivity contribution in [2.75, 3.05) is 5.32 Å². The molecule has 2 saturated carbocycles. The summed E-state index contributed by atoms with van der Waals surface area (Å²) in [5, 5.41) is 3.46. The normalized spacial score (nSPS) is 28.1. The maximum atomic E-state index is 13.8. The minimum absolute atomic E-state index is 0.108. The first-order chi connectivity index (χ1) is 8.74. The standard InChI is InChI=1S/C16H22FN/c1-11-4-2-7-15(17)16(11)18-14-6-3-5-13(10-14)12-8-9-12/h2,4,7,12-14,18H,3,5-6,8-10H2,1H3. The van der Waals surface area contributed by atoms with Gasteiger partial charge in [-0.15, -0.1) is 0 Å². The van der Waals surface area contributed by atoms with Gasteiger partial charge in [-0.05, 0) is 56.1 Å². The summed E-state index contributed by atoms with van der Waals surface area (Å²) in [7, 11) is 0. The van der Waals surface area contributed by atoms with Gasteiger partial charge in [0.2, 0.25) is 0 Å². The Morgan fingerprint density at radius 2 is 1.94 bits per heavy atom. The van der Waals surface area contributed by atoms with Crippen molar-refractivity contribution < 1.29 is 4.39 Å². The van der Waals surface area contributed by atoms with Crippen molar-refractivity contribution in [2.24, 2.45) is 11.8 Å². The predicted octanol–water partition coefficient (Wildman–Crippen LogP) is 4.51. The van der Waals surface area contributed by atoms with Crippen molar-refractivity contribution in [1.82, 2.24) is 0 Å². The Balaban J connectivity index is 1.68.